The molecule has 5 heteroatoms. The van der Waals surface area contributed by atoms with Crippen LogP contribution >= 0.6 is 22.9 Å². The van der Waals surface area contributed by atoms with Gasteiger partial charge in [-0.3, -0.25) is 4.79 Å². The number of hydrogen-bond acceptors (Lipinski definition) is 3. The van der Waals surface area contributed by atoms with Crippen LogP contribution in [0.1, 0.15) is 15.2 Å². The predicted octanol–water partition coefficient (Wildman–Crippen LogP) is 2.96. The van der Waals surface area contributed by atoms with Crippen LogP contribution in [-0.4, -0.2) is 12.5 Å². The molecule has 0 aliphatic heterocycles. The second-order valence-corrected chi connectivity index (χ2v) is 4.96. The number of halogens is 1. The number of benzene rings is 1. The van der Waals surface area contributed by atoms with E-state index in [9.17, 15) is 4.79 Å². The maximum Gasteiger partial charge on any atom is 0.267 e. The standard InChI is InChI=1S/C14H11ClN2OS/c15-12-6-8-19-13(12)14(18)17-11-5-1-3-10(9-11)4-2-7-16/h1,3,5-6,8-9H,7,16H2,(H,17,18). The van der Waals surface area contributed by atoms with Crippen LogP contribution in [-0.2, 0) is 0 Å². The maximum absolute atomic E-state index is 12.0. The van der Waals surface area contributed by atoms with Gasteiger partial charge in [0.15, 0.2) is 0 Å². The first-order valence-corrected chi connectivity index (χ1v) is 6.80. The van der Waals surface area contributed by atoms with Gasteiger partial charge in [0.05, 0.1) is 11.6 Å². The van der Waals surface area contributed by atoms with Crippen LogP contribution < -0.4 is 11.1 Å². The molecule has 1 aromatic heterocycles. The minimum absolute atomic E-state index is 0.219. The molecule has 0 bridgehead atoms. The molecule has 1 heterocycles. The molecular formula is C14H11ClN2OS. The Bertz CT molecular complexity index is 655. The lowest BCUT2D eigenvalue weighted by Crippen LogP contribution is -2.10. The topological polar surface area (TPSA) is 55.1 Å². The number of hydrogen-bond donors (Lipinski definition) is 2. The molecule has 0 unspecified atom stereocenters. The van der Waals surface area contributed by atoms with Crippen molar-refractivity contribution >= 4 is 34.5 Å². The van der Waals surface area contributed by atoms with Gasteiger partial charge in [-0.2, -0.15) is 0 Å². The summed E-state index contributed by atoms with van der Waals surface area (Å²) in [5.74, 6) is 5.46. The number of rotatable bonds is 2. The molecule has 0 spiro atoms. The van der Waals surface area contributed by atoms with Crippen molar-refractivity contribution in [1.82, 2.24) is 0 Å². The van der Waals surface area contributed by atoms with E-state index in [-0.39, 0.29) is 5.91 Å². The smallest absolute Gasteiger partial charge is 0.267 e. The Balaban J connectivity index is 2.15. The SMILES string of the molecule is NCC#Cc1cccc(NC(=O)c2sccc2Cl)c1. The Morgan fingerprint density at radius 3 is 2.95 bits per heavy atom. The highest BCUT2D eigenvalue weighted by atomic mass is 35.5. The predicted molar refractivity (Wildman–Crippen MR) is 79.7 cm³/mol. The van der Waals surface area contributed by atoms with Crippen LogP contribution in [0.4, 0.5) is 5.69 Å². The highest BCUT2D eigenvalue weighted by Crippen LogP contribution is 2.23. The van der Waals surface area contributed by atoms with E-state index in [1.807, 2.05) is 12.1 Å². The van der Waals surface area contributed by atoms with Crippen LogP contribution in [0.2, 0.25) is 5.02 Å². The Kier molecular flexibility index (Phi) is 4.58. The van der Waals surface area contributed by atoms with Crippen LogP contribution in [0, 0.1) is 11.8 Å². The molecule has 2 aromatic rings. The van der Waals surface area contributed by atoms with E-state index in [2.05, 4.69) is 17.2 Å². The van der Waals surface area contributed by atoms with Crippen LogP contribution in [0.15, 0.2) is 35.7 Å². The Morgan fingerprint density at radius 2 is 2.26 bits per heavy atom. The summed E-state index contributed by atoms with van der Waals surface area (Å²) >= 11 is 7.22. The first-order chi connectivity index (χ1) is 9.20. The van der Waals surface area contributed by atoms with Gasteiger partial charge in [-0.05, 0) is 29.6 Å². The highest BCUT2D eigenvalue weighted by Gasteiger charge is 2.11. The van der Waals surface area contributed by atoms with Crippen molar-refractivity contribution in [2.75, 3.05) is 11.9 Å². The summed E-state index contributed by atoms with van der Waals surface area (Å²) < 4.78 is 0. The molecule has 0 saturated heterocycles. The minimum Gasteiger partial charge on any atom is -0.321 e. The van der Waals surface area contributed by atoms with Gasteiger partial charge < -0.3 is 11.1 Å². The number of carbonyl (C=O) groups excluding carboxylic acids is 1. The zero-order valence-electron chi connectivity index (χ0n) is 9.94. The van der Waals surface area contributed by atoms with E-state index in [4.69, 9.17) is 17.3 Å². The third-order valence-corrected chi connectivity index (χ3v) is 3.62. The van der Waals surface area contributed by atoms with Crippen molar-refractivity contribution in [2.45, 2.75) is 0 Å². The summed E-state index contributed by atoms with van der Waals surface area (Å²) in [5.41, 5.74) is 6.80. The number of carbonyl (C=O) groups is 1. The van der Waals surface area contributed by atoms with E-state index in [0.29, 0.717) is 22.1 Å². The number of nitrogens with one attached hydrogen (secondary N) is 1. The van der Waals surface area contributed by atoms with E-state index in [1.165, 1.54) is 11.3 Å². The molecule has 0 saturated carbocycles. The summed E-state index contributed by atoms with van der Waals surface area (Å²) in [6.45, 7) is 0.307. The molecule has 0 fully saturated rings. The third-order valence-electron chi connectivity index (χ3n) is 2.28. The first kappa shape index (κ1) is 13.6. The fourth-order valence-corrected chi connectivity index (χ4v) is 2.51. The fourth-order valence-electron chi connectivity index (χ4n) is 1.47. The summed E-state index contributed by atoms with van der Waals surface area (Å²) in [5, 5.41) is 5.03. The maximum atomic E-state index is 12.0. The van der Waals surface area contributed by atoms with Crippen molar-refractivity contribution in [3.8, 4) is 11.8 Å². The molecule has 96 valence electrons. The zero-order valence-corrected chi connectivity index (χ0v) is 11.5. The van der Waals surface area contributed by atoms with Crippen molar-refractivity contribution < 1.29 is 4.79 Å². The van der Waals surface area contributed by atoms with Crippen LogP contribution in [0.5, 0.6) is 0 Å². The molecule has 2 rings (SSSR count). The molecule has 3 N–H and O–H groups in total. The Hall–Kier alpha value is -1.80. The van der Waals surface area contributed by atoms with E-state index in [1.54, 1.807) is 23.6 Å². The number of amides is 1. The summed E-state index contributed by atoms with van der Waals surface area (Å²) in [6, 6.07) is 8.97. The van der Waals surface area contributed by atoms with Gasteiger partial charge in [-0.25, -0.2) is 0 Å². The monoisotopic (exact) mass is 290 g/mol. The van der Waals surface area contributed by atoms with Gasteiger partial charge >= 0.3 is 0 Å². The van der Waals surface area contributed by atoms with Gasteiger partial charge in [0.1, 0.15) is 4.88 Å². The zero-order chi connectivity index (χ0) is 13.7. The molecule has 1 amide bonds. The van der Waals surface area contributed by atoms with Gasteiger partial charge in [0.2, 0.25) is 0 Å². The minimum atomic E-state index is -0.219. The molecule has 0 aliphatic carbocycles. The number of nitrogens with two attached hydrogens (primary N) is 1. The molecular weight excluding hydrogens is 280 g/mol. The molecule has 0 radical (unpaired) electrons. The largest absolute Gasteiger partial charge is 0.321 e. The van der Waals surface area contributed by atoms with Crippen molar-refractivity contribution in [2.24, 2.45) is 5.73 Å². The molecule has 0 atom stereocenters. The van der Waals surface area contributed by atoms with Gasteiger partial charge in [0.25, 0.3) is 5.91 Å². The highest BCUT2D eigenvalue weighted by molar-refractivity contribution is 7.12. The van der Waals surface area contributed by atoms with Crippen LogP contribution in [0.3, 0.4) is 0 Å². The van der Waals surface area contributed by atoms with Gasteiger partial charge in [-0.1, -0.05) is 29.5 Å². The lowest BCUT2D eigenvalue weighted by atomic mass is 10.2. The van der Waals surface area contributed by atoms with Crippen molar-refractivity contribution in [3.63, 3.8) is 0 Å². The van der Waals surface area contributed by atoms with Crippen LogP contribution in [0.25, 0.3) is 0 Å². The van der Waals surface area contributed by atoms with Gasteiger partial charge in [0, 0.05) is 11.3 Å². The van der Waals surface area contributed by atoms with E-state index >= 15 is 0 Å². The third kappa shape index (κ3) is 3.58. The average molecular weight is 291 g/mol. The first-order valence-electron chi connectivity index (χ1n) is 5.54. The van der Waals surface area contributed by atoms with Crippen molar-refractivity contribution in [3.05, 3.63) is 51.2 Å². The van der Waals surface area contributed by atoms with E-state index < -0.39 is 0 Å². The number of anilines is 1. The molecule has 19 heavy (non-hydrogen) atoms. The van der Waals surface area contributed by atoms with E-state index in [0.717, 1.165) is 5.56 Å². The summed E-state index contributed by atoms with van der Waals surface area (Å²) in [4.78, 5) is 12.5. The van der Waals surface area contributed by atoms with Crippen molar-refractivity contribution in [1.29, 1.82) is 0 Å². The summed E-state index contributed by atoms with van der Waals surface area (Å²) in [7, 11) is 0. The average Bonchev–Trinajstić information content (AvgIpc) is 2.83. The second-order valence-electron chi connectivity index (χ2n) is 3.64. The Labute approximate surface area is 120 Å². The summed E-state index contributed by atoms with van der Waals surface area (Å²) in [6.07, 6.45) is 0. The fraction of sp³-hybridized carbons (Fsp3) is 0.0714. The Morgan fingerprint density at radius 1 is 1.42 bits per heavy atom. The normalized spacial score (nSPS) is 9.58. The number of thiophene rings is 1. The molecule has 0 aliphatic rings. The lowest BCUT2D eigenvalue weighted by molar-refractivity contribution is 0.103. The quantitative estimate of drug-likeness (QED) is 0.836. The lowest BCUT2D eigenvalue weighted by Gasteiger charge is -2.04. The van der Waals surface area contributed by atoms with Gasteiger partial charge in [-0.15, -0.1) is 11.3 Å². The molecule has 3 nitrogen and oxygen atoms in total. The second kappa shape index (κ2) is 6.39. The molecule has 1 aromatic carbocycles.